The Kier molecular flexibility index (Phi) is 5.52. The molecule has 154 valence electrons. The van der Waals surface area contributed by atoms with Crippen molar-refractivity contribution in [1.82, 2.24) is 5.01 Å². The summed E-state index contributed by atoms with van der Waals surface area (Å²) in [5.41, 5.74) is -2.70. The quantitative estimate of drug-likeness (QED) is 0.825. The number of nitrogens with zero attached hydrogens (tertiary/aromatic N) is 2. The minimum atomic E-state index is -5.09. The summed E-state index contributed by atoms with van der Waals surface area (Å²) < 4.78 is 51.1. The summed E-state index contributed by atoms with van der Waals surface area (Å²) in [4.78, 5) is 12.6. The molecule has 3 rings (SSSR count). The van der Waals surface area contributed by atoms with E-state index in [0.717, 1.165) is 0 Å². The number of benzene rings is 2. The third-order valence-corrected chi connectivity index (χ3v) is 4.59. The highest BCUT2D eigenvalue weighted by Crippen LogP contribution is 2.41. The Morgan fingerprint density at radius 1 is 1.14 bits per heavy atom. The van der Waals surface area contributed by atoms with Gasteiger partial charge in [0.25, 0.3) is 5.72 Å². The molecule has 2 aromatic carbocycles. The summed E-state index contributed by atoms with van der Waals surface area (Å²) in [6.45, 7) is 0. The van der Waals surface area contributed by atoms with Gasteiger partial charge in [0.2, 0.25) is 5.91 Å². The summed E-state index contributed by atoms with van der Waals surface area (Å²) in [5, 5.41) is 14.4. The molecule has 0 saturated carbocycles. The maximum atomic E-state index is 13.7. The number of methoxy groups -OCH3 is 2. The Morgan fingerprint density at radius 3 is 2.38 bits per heavy atom. The average Bonchev–Trinajstić information content (AvgIpc) is 3.08. The molecule has 9 heteroatoms. The summed E-state index contributed by atoms with van der Waals surface area (Å²) in [5.74, 6) is -0.0101. The minimum absolute atomic E-state index is 0.0631. The molecule has 0 fully saturated rings. The fourth-order valence-corrected chi connectivity index (χ4v) is 2.98. The molecule has 0 bridgehead atoms. The number of carbonyl (C=O) groups is 1. The van der Waals surface area contributed by atoms with Crippen molar-refractivity contribution in [2.45, 2.75) is 24.7 Å². The number of hydrazone groups is 1. The lowest BCUT2D eigenvalue weighted by atomic mass is 10.0. The number of hydrogen-bond donors (Lipinski definition) is 1. The standard InChI is InChI=1S/C20H19F3N2O4/c1-28-15-8-6-13(7-9-15)10-18(26)25-19(27,20(21,22)23)12-17(24-25)14-4-3-5-16(11-14)29-2/h3-9,11,27H,10,12H2,1-2H3/t19-/m0/s1. The summed E-state index contributed by atoms with van der Waals surface area (Å²) in [7, 11) is 2.90. The average molecular weight is 408 g/mol. The first-order valence-corrected chi connectivity index (χ1v) is 8.65. The van der Waals surface area contributed by atoms with Crippen molar-refractivity contribution in [2.75, 3.05) is 14.2 Å². The van der Waals surface area contributed by atoms with E-state index in [1.54, 1.807) is 36.4 Å². The van der Waals surface area contributed by atoms with Crippen molar-refractivity contribution in [2.24, 2.45) is 5.10 Å². The van der Waals surface area contributed by atoms with Crippen molar-refractivity contribution in [3.8, 4) is 11.5 Å². The van der Waals surface area contributed by atoms with E-state index >= 15 is 0 Å². The Bertz CT molecular complexity index is 928. The summed E-state index contributed by atoms with van der Waals surface area (Å²) in [6, 6.07) is 12.6. The second-order valence-electron chi connectivity index (χ2n) is 6.50. The lowest BCUT2D eigenvalue weighted by Gasteiger charge is -2.32. The highest BCUT2D eigenvalue weighted by Gasteiger charge is 2.63. The lowest BCUT2D eigenvalue weighted by molar-refractivity contribution is -0.302. The van der Waals surface area contributed by atoms with Crippen molar-refractivity contribution in [3.63, 3.8) is 0 Å². The van der Waals surface area contributed by atoms with Crippen LogP contribution in [0.25, 0.3) is 0 Å². The number of hydrogen-bond acceptors (Lipinski definition) is 5. The lowest BCUT2D eigenvalue weighted by Crippen LogP contribution is -2.57. The second-order valence-corrected chi connectivity index (χ2v) is 6.50. The van der Waals surface area contributed by atoms with Crippen LogP contribution in [-0.2, 0) is 11.2 Å². The van der Waals surface area contributed by atoms with E-state index in [-0.39, 0.29) is 17.1 Å². The molecule has 1 N–H and O–H groups in total. The van der Waals surface area contributed by atoms with Crippen LogP contribution in [0.2, 0.25) is 0 Å². The van der Waals surface area contributed by atoms with Gasteiger partial charge < -0.3 is 14.6 Å². The van der Waals surface area contributed by atoms with Gasteiger partial charge in [-0.05, 0) is 29.8 Å². The van der Waals surface area contributed by atoms with E-state index in [2.05, 4.69) is 5.10 Å². The topological polar surface area (TPSA) is 71.4 Å². The van der Waals surface area contributed by atoms with Crippen molar-refractivity contribution < 1.29 is 32.5 Å². The highest BCUT2D eigenvalue weighted by atomic mass is 19.4. The van der Waals surface area contributed by atoms with Gasteiger partial charge in [0.05, 0.1) is 32.8 Å². The Hall–Kier alpha value is -3.07. The molecule has 6 nitrogen and oxygen atoms in total. The first kappa shape index (κ1) is 20.7. The molecule has 2 aromatic rings. The van der Waals surface area contributed by atoms with E-state index in [9.17, 15) is 23.1 Å². The molecule has 1 aliphatic rings. The van der Waals surface area contributed by atoms with Gasteiger partial charge in [-0.3, -0.25) is 4.79 Å². The van der Waals surface area contributed by atoms with Crippen LogP contribution in [0.15, 0.2) is 53.6 Å². The van der Waals surface area contributed by atoms with Crippen LogP contribution < -0.4 is 9.47 Å². The molecule has 0 radical (unpaired) electrons. The number of halogens is 3. The normalized spacial score (nSPS) is 19.1. The monoisotopic (exact) mass is 408 g/mol. The van der Waals surface area contributed by atoms with E-state index in [0.29, 0.717) is 22.6 Å². The van der Waals surface area contributed by atoms with Crippen molar-refractivity contribution in [1.29, 1.82) is 0 Å². The fourth-order valence-electron chi connectivity index (χ4n) is 2.98. The molecule has 1 atom stereocenters. The molecule has 0 aliphatic carbocycles. The van der Waals surface area contributed by atoms with Gasteiger partial charge in [-0.1, -0.05) is 24.3 Å². The van der Waals surface area contributed by atoms with Gasteiger partial charge in [0, 0.05) is 5.56 Å². The van der Waals surface area contributed by atoms with E-state index in [1.807, 2.05) is 0 Å². The molecule has 0 unspecified atom stereocenters. The SMILES string of the molecule is COc1ccc(CC(=O)N2N=C(c3cccc(OC)c3)C[C@]2(O)C(F)(F)F)cc1. The molecular formula is C20H19F3N2O4. The summed E-state index contributed by atoms with van der Waals surface area (Å²) >= 11 is 0. The number of aliphatic hydroxyl groups is 1. The highest BCUT2D eigenvalue weighted by molar-refractivity contribution is 6.04. The van der Waals surface area contributed by atoms with Gasteiger partial charge >= 0.3 is 6.18 Å². The maximum absolute atomic E-state index is 13.7. The molecule has 0 spiro atoms. The number of rotatable bonds is 5. The molecule has 0 aromatic heterocycles. The first-order valence-electron chi connectivity index (χ1n) is 8.65. The first-order chi connectivity index (χ1) is 13.7. The zero-order valence-electron chi connectivity index (χ0n) is 15.7. The van der Waals surface area contributed by atoms with Gasteiger partial charge in [-0.25, -0.2) is 0 Å². The third-order valence-electron chi connectivity index (χ3n) is 4.59. The molecule has 29 heavy (non-hydrogen) atoms. The predicted molar refractivity (Wildman–Crippen MR) is 98.7 cm³/mol. The van der Waals surface area contributed by atoms with Gasteiger partial charge in [-0.15, -0.1) is 0 Å². The Balaban J connectivity index is 1.92. The van der Waals surface area contributed by atoms with Crippen LogP contribution in [0.1, 0.15) is 17.5 Å². The second kappa shape index (κ2) is 7.75. The van der Waals surface area contributed by atoms with Crippen LogP contribution in [0.5, 0.6) is 11.5 Å². The van der Waals surface area contributed by atoms with E-state index in [1.165, 1.54) is 26.4 Å². The number of carbonyl (C=O) groups excluding carboxylic acids is 1. The van der Waals surface area contributed by atoms with Crippen LogP contribution in [-0.4, -0.2) is 47.9 Å². The van der Waals surface area contributed by atoms with Gasteiger partial charge in [-0.2, -0.15) is 23.3 Å². The molecule has 1 heterocycles. The number of amides is 1. The van der Waals surface area contributed by atoms with Crippen LogP contribution in [0.3, 0.4) is 0 Å². The zero-order valence-corrected chi connectivity index (χ0v) is 15.7. The molecule has 0 saturated heterocycles. The largest absolute Gasteiger partial charge is 0.497 e. The summed E-state index contributed by atoms with van der Waals surface area (Å²) in [6.07, 6.45) is -6.33. The maximum Gasteiger partial charge on any atom is 0.438 e. The number of ether oxygens (including phenoxy) is 2. The Morgan fingerprint density at radius 2 is 1.79 bits per heavy atom. The molecule has 1 amide bonds. The van der Waals surface area contributed by atoms with Crippen molar-refractivity contribution >= 4 is 11.6 Å². The zero-order chi connectivity index (χ0) is 21.2. The smallest absolute Gasteiger partial charge is 0.438 e. The van der Waals surface area contributed by atoms with Crippen LogP contribution in [0, 0.1) is 0 Å². The van der Waals surface area contributed by atoms with Crippen molar-refractivity contribution in [3.05, 3.63) is 59.7 Å². The van der Waals surface area contributed by atoms with Crippen LogP contribution >= 0.6 is 0 Å². The van der Waals surface area contributed by atoms with Gasteiger partial charge in [0.1, 0.15) is 11.5 Å². The minimum Gasteiger partial charge on any atom is -0.497 e. The van der Waals surface area contributed by atoms with E-state index in [4.69, 9.17) is 9.47 Å². The molecule has 1 aliphatic heterocycles. The number of alkyl halides is 3. The predicted octanol–water partition coefficient (Wildman–Crippen LogP) is 3.13. The Labute approximate surface area is 165 Å². The van der Waals surface area contributed by atoms with Gasteiger partial charge in [0.15, 0.2) is 0 Å². The third kappa shape index (κ3) is 4.04. The molecular weight excluding hydrogens is 389 g/mol. The van der Waals surface area contributed by atoms with Crippen LogP contribution in [0.4, 0.5) is 13.2 Å². The van der Waals surface area contributed by atoms with E-state index < -0.39 is 24.2 Å². The fraction of sp³-hybridized carbons (Fsp3) is 0.300.